The molecule has 1 atom stereocenters. The summed E-state index contributed by atoms with van der Waals surface area (Å²) < 4.78 is 26.9. The molecule has 1 aromatic carbocycles. The molecule has 2 N–H and O–H groups in total. The van der Waals surface area contributed by atoms with Gasteiger partial charge in [-0.2, -0.15) is 4.31 Å². The highest BCUT2D eigenvalue weighted by Crippen LogP contribution is 2.21. The highest BCUT2D eigenvalue weighted by molar-refractivity contribution is 7.89. The van der Waals surface area contributed by atoms with Crippen molar-refractivity contribution in [2.24, 2.45) is 5.92 Å². The first kappa shape index (κ1) is 19.9. The van der Waals surface area contributed by atoms with Gasteiger partial charge in [-0.3, -0.25) is 4.79 Å². The van der Waals surface area contributed by atoms with Gasteiger partial charge in [-0.15, -0.1) is 0 Å². The van der Waals surface area contributed by atoms with Crippen molar-refractivity contribution in [3.05, 3.63) is 29.3 Å². The SMILES string of the molecule is CCN(CC)S(=O)(=O)c1cc(C(=O)NCCC2CCNC2)ccc1C. The van der Waals surface area contributed by atoms with E-state index >= 15 is 0 Å². The molecule has 1 aromatic rings. The number of carbonyl (C=O) groups excluding carboxylic acids is 1. The molecule has 1 fully saturated rings. The van der Waals surface area contributed by atoms with Crippen molar-refractivity contribution in [2.45, 2.75) is 38.5 Å². The van der Waals surface area contributed by atoms with Crippen molar-refractivity contribution in [2.75, 3.05) is 32.7 Å². The number of nitrogens with one attached hydrogen (secondary N) is 2. The topological polar surface area (TPSA) is 78.5 Å². The van der Waals surface area contributed by atoms with Gasteiger partial charge in [-0.1, -0.05) is 19.9 Å². The number of rotatable bonds is 8. The van der Waals surface area contributed by atoms with Crippen LogP contribution in [0.15, 0.2) is 23.1 Å². The Labute approximate surface area is 151 Å². The number of benzene rings is 1. The highest BCUT2D eigenvalue weighted by Gasteiger charge is 2.24. The van der Waals surface area contributed by atoms with E-state index in [1.165, 1.54) is 10.4 Å². The zero-order valence-electron chi connectivity index (χ0n) is 15.3. The van der Waals surface area contributed by atoms with Gasteiger partial charge < -0.3 is 10.6 Å². The molecular weight excluding hydrogens is 338 g/mol. The van der Waals surface area contributed by atoms with E-state index in [1.54, 1.807) is 19.1 Å². The summed E-state index contributed by atoms with van der Waals surface area (Å²) in [5, 5.41) is 6.22. The lowest BCUT2D eigenvalue weighted by Crippen LogP contribution is -2.31. The number of nitrogens with zero attached hydrogens (tertiary/aromatic N) is 1. The highest BCUT2D eigenvalue weighted by atomic mass is 32.2. The molecule has 0 spiro atoms. The molecule has 6 nitrogen and oxygen atoms in total. The van der Waals surface area contributed by atoms with E-state index in [2.05, 4.69) is 10.6 Å². The lowest BCUT2D eigenvalue weighted by Gasteiger charge is -2.20. The molecule has 2 rings (SSSR count). The summed E-state index contributed by atoms with van der Waals surface area (Å²) in [5.74, 6) is 0.388. The maximum Gasteiger partial charge on any atom is 0.251 e. The number of hydrogen-bond acceptors (Lipinski definition) is 4. The molecule has 140 valence electrons. The zero-order valence-corrected chi connectivity index (χ0v) is 16.2. The second-order valence-corrected chi connectivity index (χ2v) is 8.38. The van der Waals surface area contributed by atoms with Gasteiger partial charge in [0.2, 0.25) is 10.0 Å². The van der Waals surface area contributed by atoms with E-state index in [-0.39, 0.29) is 10.8 Å². The summed E-state index contributed by atoms with van der Waals surface area (Å²) in [5.41, 5.74) is 1.04. The van der Waals surface area contributed by atoms with E-state index in [0.29, 0.717) is 36.7 Å². The average molecular weight is 368 g/mol. The van der Waals surface area contributed by atoms with Crippen molar-refractivity contribution in [3.8, 4) is 0 Å². The van der Waals surface area contributed by atoms with Crippen LogP contribution in [-0.2, 0) is 10.0 Å². The minimum Gasteiger partial charge on any atom is -0.352 e. The maximum absolute atomic E-state index is 12.8. The molecule has 1 aliphatic rings. The fourth-order valence-corrected chi connectivity index (χ4v) is 4.88. The van der Waals surface area contributed by atoms with Crippen molar-refractivity contribution in [1.29, 1.82) is 0 Å². The van der Waals surface area contributed by atoms with Crippen LogP contribution in [0.2, 0.25) is 0 Å². The Balaban J connectivity index is 2.10. The third-order valence-electron chi connectivity index (χ3n) is 4.77. The van der Waals surface area contributed by atoms with Crippen molar-refractivity contribution in [1.82, 2.24) is 14.9 Å². The lowest BCUT2D eigenvalue weighted by atomic mass is 10.1. The van der Waals surface area contributed by atoms with Crippen LogP contribution in [0.4, 0.5) is 0 Å². The fraction of sp³-hybridized carbons (Fsp3) is 0.611. The molecule has 0 bridgehead atoms. The van der Waals surface area contributed by atoms with Gasteiger partial charge in [0.15, 0.2) is 0 Å². The van der Waals surface area contributed by atoms with Gasteiger partial charge in [0, 0.05) is 25.2 Å². The molecule has 1 heterocycles. The van der Waals surface area contributed by atoms with Crippen molar-refractivity contribution >= 4 is 15.9 Å². The maximum atomic E-state index is 12.8. The molecule has 1 amide bonds. The molecule has 0 aromatic heterocycles. The lowest BCUT2D eigenvalue weighted by molar-refractivity contribution is 0.0951. The Bertz CT molecular complexity index is 694. The zero-order chi connectivity index (χ0) is 18.4. The van der Waals surface area contributed by atoms with Crippen molar-refractivity contribution < 1.29 is 13.2 Å². The third-order valence-corrected chi connectivity index (χ3v) is 6.97. The minimum atomic E-state index is -3.58. The number of carbonyl (C=O) groups is 1. The molecule has 7 heteroatoms. The first-order chi connectivity index (χ1) is 11.9. The summed E-state index contributed by atoms with van der Waals surface area (Å²) in [6.07, 6.45) is 2.09. The van der Waals surface area contributed by atoms with E-state index in [4.69, 9.17) is 0 Å². The van der Waals surface area contributed by atoms with Crippen LogP contribution in [0.3, 0.4) is 0 Å². The van der Waals surface area contributed by atoms with E-state index in [0.717, 1.165) is 25.9 Å². The predicted octanol–water partition coefficient (Wildman–Crippen LogP) is 1.75. The summed E-state index contributed by atoms with van der Waals surface area (Å²) >= 11 is 0. The van der Waals surface area contributed by atoms with Gasteiger partial charge in [-0.05, 0) is 56.5 Å². The second kappa shape index (κ2) is 8.78. The minimum absolute atomic E-state index is 0.212. The standard InChI is InChI=1S/C18H29N3O3S/c1-4-21(5-2)25(23,24)17-12-16(7-6-14(17)3)18(22)20-11-9-15-8-10-19-13-15/h6-7,12,15,19H,4-5,8-11,13H2,1-3H3,(H,20,22). The van der Waals surface area contributed by atoms with E-state index < -0.39 is 10.0 Å². The Morgan fingerprint density at radius 3 is 2.64 bits per heavy atom. The van der Waals surface area contributed by atoms with Crippen molar-refractivity contribution in [3.63, 3.8) is 0 Å². The Kier molecular flexibility index (Phi) is 6.98. The molecular formula is C18H29N3O3S. The molecule has 25 heavy (non-hydrogen) atoms. The van der Waals surface area contributed by atoms with Crippen LogP contribution in [0.5, 0.6) is 0 Å². The van der Waals surface area contributed by atoms with Crippen LogP contribution in [0, 0.1) is 12.8 Å². The quantitative estimate of drug-likeness (QED) is 0.734. The second-order valence-electron chi connectivity index (χ2n) is 6.47. The van der Waals surface area contributed by atoms with Gasteiger partial charge in [0.25, 0.3) is 5.91 Å². The van der Waals surface area contributed by atoms with Crippen LogP contribution in [0.1, 0.15) is 42.6 Å². The normalized spacial score (nSPS) is 17.8. The molecule has 1 aliphatic heterocycles. The first-order valence-electron chi connectivity index (χ1n) is 8.99. The molecule has 1 unspecified atom stereocenters. The summed E-state index contributed by atoms with van der Waals surface area (Å²) in [4.78, 5) is 12.6. The van der Waals surface area contributed by atoms with Crippen LogP contribution in [0.25, 0.3) is 0 Å². The first-order valence-corrected chi connectivity index (χ1v) is 10.4. The largest absolute Gasteiger partial charge is 0.352 e. The third kappa shape index (κ3) is 4.80. The van der Waals surface area contributed by atoms with Crippen LogP contribution >= 0.6 is 0 Å². The Morgan fingerprint density at radius 1 is 1.32 bits per heavy atom. The van der Waals surface area contributed by atoms with E-state index in [9.17, 15) is 13.2 Å². The molecule has 1 saturated heterocycles. The summed E-state index contributed by atoms with van der Waals surface area (Å²) in [6.45, 7) is 8.85. The van der Waals surface area contributed by atoms with Crippen LogP contribution < -0.4 is 10.6 Å². The molecule has 0 aliphatic carbocycles. The van der Waals surface area contributed by atoms with E-state index in [1.807, 2.05) is 13.8 Å². The molecule has 0 radical (unpaired) electrons. The van der Waals surface area contributed by atoms with Crippen LogP contribution in [-0.4, -0.2) is 51.4 Å². The number of hydrogen-bond donors (Lipinski definition) is 2. The number of aryl methyl sites for hydroxylation is 1. The Morgan fingerprint density at radius 2 is 2.04 bits per heavy atom. The van der Waals surface area contributed by atoms with Gasteiger partial charge in [0.1, 0.15) is 0 Å². The Hall–Kier alpha value is -1.44. The fourth-order valence-electron chi connectivity index (χ4n) is 3.17. The molecule has 0 saturated carbocycles. The van der Waals surface area contributed by atoms with Gasteiger partial charge >= 0.3 is 0 Å². The monoisotopic (exact) mass is 367 g/mol. The summed E-state index contributed by atoms with van der Waals surface area (Å²) in [7, 11) is -3.58. The number of sulfonamides is 1. The smallest absolute Gasteiger partial charge is 0.251 e. The van der Waals surface area contributed by atoms with Gasteiger partial charge in [-0.25, -0.2) is 8.42 Å². The summed E-state index contributed by atoms with van der Waals surface area (Å²) in [6, 6.07) is 4.88. The van der Waals surface area contributed by atoms with Gasteiger partial charge in [0.05, 0.1) is 4.90 Å². The predicted molar refractivity (Wildman–Crippen MR) is 99.2 cm³/mol. The number of amides is 1. The average Bonchev–Trinajstić information content (AvgIpc) is 3.09.